The molecule has 0 radical (unpaired) electrons. The van der Waals surface area contributed by atoms with Crippen molar-refractivity contribution in [3.8, 4) is 22.8 Å². The predicted octanol–water partition coefficient (Wildman–Crippen LogP) is 5.41. The number of aromatic nitrogens is 2. The zero-order valence-electron chi connectivity index (χ0n) is 15.4. The molecule has 0 aliphatic carbocycles. The molecule has 0 unspecified atom stereocenters. The summed E-state index contributed by atoms with van der Waals surface area (Å²) in [4.78, 5) is 4.47. The molecule has 7 heteroatoms. The van der Waals surface area contributed by atoms with E-state index in [-0.39, 0.29) is 0 Å². The van der Waals surface area contributed by atoms with Crippen LogP contribution in [0.15, 0.2) is 42.6 Å². The van der Waals surface area contributed by atoms with E-state index in [9.17, 15) is 0 Å². The van der Waals surface area contributed by atoms with Crippen LogP contribution in [0.4, 0.5) is 5.95 Å². The van der Waals surface area contributed by atoms with Gasteiger partial charge in [-0.2, -0.15) is 0 Å². The average Bonchev–Trinajstić information content (AvgIpc) is 3.04. The van der Waals surface area contributed by atoms with Gasteiger partial charge in [0.1, 0.15) is 0 Å². The van der Waals surface area contributed by atoms with Gasteiger partial charge < -0.3 is 19.4 Å². The van der Waals surface area contributed by atoms with Crippen molar-refractivity contribution in [2.75, 3.05) is 19.0 Å². The maximum Gasteiger partial charge on any atom is 0.203 e. The van der Waals surface area contributed by atoms with Crippen LogP contribution in [-0.2, 0) is 13.6 Å². The van der Waals surface area contributed by atoms with Gasteiger partial charge in [0.25, 0.3) is 0 Å². The molecule has 27 heavy (non-hydrogen) atoms. The lowest BCUT2D eigenvalue weighted by Gasteiger charge is -2.12. The number of imidazole rings is 1. The molecule has 0 aliphatic rings. The Kier molecular flexibility index (Phi) is 6.14. The van der Waals surface area contributed by atoms with Gasteiger partial charge in [-0.15, -0.1) is 0 Å². The normalized spacial score (nSPS) is 10.7. The molecule has 3 rings (SSSR count). The fourth-order valence-electron chi connectivity index (χ4n) is 2.78. The van der Waals surface area contributed by atoms with Gasteiger partial charge in [-0.05, 0) is 36.8 Å². The molecule has 2 aromatic carbocycles. The van der Waals surface area contributed by atoms with Crippen molar-refractivity contribution in [3.05, 3.63) is 58.2 Å². The minimum Gasteiger partial charge on any atom is -0.493 e. The van der Waals surface area contributed by atoms with Gasteiger partial charge in [0.2, 0.25) is 5.95 Å². The average molecular weight is 406 g/mol. The summed E-state index contributed by atoms with van der Waals surface area (Å²) in [5.74, 6) is 2.21. The summed E-state index contributed by atoms with van der Waals surface area (Å²) >= 11 is 12.1. The van der Waals surface area contributed by atoms with E-state index in [1.807, 2.05) is 48.9 Å². The highest BCUT2D eigenvalue weighted by Crippen LogP contribution is 2.30. The Labute approximate surface area is 168 Å². The van der Waals surface area contributed by atoms with E-state index < -0.39 is 0 Å². The molecule has 0 aliphatic heterocycles. The van der Waals surface area contributed by atoms with Gasteiger partial charge in [-0.1, -0.05) is 35.3 Å². The maximum atomic E-state index is 6.13. The van der Waals surface area contributed by atoms with E-state index in [1.54, 1.807) is 19.4 Å². The van der Waals surface area contributed by atoms with E-state index in [2.05, 4.69) is 10.3 Å². The van der Waals surface area contributed by atoms with Crippen LogP contribution in [0.3, 0.4) is 0 Å². The van der Waals surface area contributed by atoms with Crippen LogP contribution < -0.4 is 14.8 Å². The summed E-state index contributed by atoms with van der Waals surface area (Å²) in [6, 6.07) is 11.4. The van der Waals surface area contributed by atoms with E-state index in [4.69, 9.17) is 32.7 Å². The predicted molar refractivity (Wildman–Crippen MR) is 110 cm³/mol. The van der Waals surface area contributed by atoms with Crippen molar-refractivity contribution in [2.45, 2.75) is 13.5 Å². The van der Waals surface area contributed by atoms with E-state index in [1.165, 1.54) is 0 Å². The summed E-state index contributed by atoms with van der Waals surface area (Å²) in [5.41, 5.74) is 2.96. The number of rotatable bonds is 7. The SMILES string of the molecule is CCOc1ccc(CNc2ncc(-c3ccc(Cl)c(Cl)c3)n2C)cc1OC. The number of ether oxygens (including phenoxy) is 2. The number of anilines is 1. The fraction of sp³-hybridized carbons (Fsp3) is 0.250. The molecule has 0 atom stereocenters. The fourth-order valence-corrected chi connectivity index (χ4v) is 3.07. The summed E-state index contributed by atoms with van der Waals surface area (Å²) in [7, 11) is 3.59. The monoisotopic (exact) mass is 405 g/mol. The number of nitrogens with zero attached hydrogens (tertiary/aromatic N) is 2. The number of benzene rings is 2. The first-order valence-corrected chi connectivity index (χ1v) is 9.29. The number of halogens is 2. The second-order valence-corrected chi connectivity index (χ2v) is 6.74. The quantitative estimate of drug-likeness (QED) is 0.570. The smallest absolute Gasteiger partial charge is 0.203 e. The Morgan fingerprint density at radius 2 is 1.89 bits per heavy atom. The van der Waals surface area contributed by atoms with Gasteiger partial charge >= 0.3 is 0 Å². The molecule has 0 fully saturated rings. The highest BCUT2D eigenvalue weighted by Gasteiger charge is 2.11. The van der Waals surface area contributed by atoms with Crippen molar-refractivity contribution in [1.82, 2.24) is 9.55 Å². The summed E-state index contributed by atoms with van der Waals surface area (Å²) < 4.78 is 12.9. The molecule has 0 saturated heterocycles. The van der Waals surface area contributed by atoms with Crippen LogP contribution in [0.25, 0.3) is 11.3 Å². The van der Waals surface area contributed by atoms with Crippen LogP contribution in [0, 0.1) is 0 Å². The number of hydrogen-bond donors (Lipinski definition) is 1. The van der Waals surface area contributed by atoms with Crippen molar-refractivity contribution in [3.63, 3.8) is 0 Å². The molecular formula is C20H21Cl2N3O2. The lowest BCUT2D eigenvalue weighted by Crippen LogP contribution is -2.06. The van der Waals surface area contributed by atoms with Crippen molar-refractivity contribution in [2.24, 2.45) is 7.05 Å². The van der Waals surface area contributed by atoms with Gasteiger partial charge in [0, 0.05) is 19.2 Å². The molecule has 5 nitrogen and oxygen atoms in total. The first kappa shape index (κ1) is 19.4. The zero-order valence-corrected chi connectivity index (χ0v) is 16.9. The van der Waals surface area contributed by atoms with E-state index in [0.29, 0.717) is 28.9 Å². The lowest BCUT2D eigenvalue weighted by molar-refractivity contribution is 0.310. The standard InChI is InChI=1S/C20H21Cl2N3O2/c1-4-27-18-8-5-13(9-19(18)26-3)11-23-20-24-12-17(25(20)2)14-6-7-15(21)16(22)10-14/h5-10,12H,4,11H2,1-3H3,(H,23,24). The highest BCUT2D eigenvalue weighted by molar-refractivity contribution is 6.42. The van der Waals surface area contributed by atoms with Gasteiger partial charge in [-0.25, -0.2) is 4.98 Å². The first-order valence-electron chi connectivity index (χ1n) is 8.54. The van der Waals surface area contributed by atoms with E-state index in [0.717, 1.165) is 28.5 Å². The van der Waals surface area contributed by atoms with E-state index >= 15 is 0 Å². The molecule has 0 saturated carbocycles. The Bertz CT molecular complexity index is 941. The largest absolute Gasteiger partial charge is 0.493 e. The molecule has 1 heterocycles. The first-order chi connectivity index (χ1) is 13.0. The number of methoxy groups -OCH3 is 1. The third kappa shape index (κ3) is 4.31. The number of hydrogen-bond acceptors (Lipinski definition) is 4. The Morgan fingerprint density at radius 1 is 1.07 bits per heavy atom. The molecule has 0 amide bonds. The van der Waals surface area contributed by atoms with Crippen LogP contribution >= 0.6 is 23.2 Å². The lowest BCUT2D eigenvalue weighted by atomic mass is 10.2. The highest BCUT2D eigenvalue weighted by atomic mass is 35.5. The molecule has 0 bridgehead atoms. The number of nitrogens with one attached hydrogen (secondary N) is 1. The van der Waals surface area contributed by atoms with Crippen molar-refractivity contribution in [1.29, 1.82) is 0 Å². The third-order valence-corrected chi connectivity index (χ3v) is 4.92. The second-order valence-electron chi connectivity index (χ2n) is 5.93. The van der Waals surface area contributed by atoms with Gasteiger partial charge in [0.05, 0.1) is 35.7 Å². The summed E-state index contributed by atoms with van der Waals surface area (Å²) in [5, 5.41) is 4.40. The molecular weight excluding hydrogens is 385 g/mol. The molecule has 3 aromatic rings. The minimum atomic E-state index is 0.520. The van der Waals surface area contributed by atoms with Crippen LogP contribution in [0.2, 0.25) is 10.0 Å². The van der Waals surface area contributed by atoms with Gasteiger partial charge in [0.15, 0.2) is 11.5 Å². The minimum absolute atomic E-state index is 0.520. The molecule has 142 valence electrons. The second kappa shape index (κ2) is 8.55. The Balaban J connectivity index is 1.75. The van der Waals surface area contributed by atoms with Crippen LogP contribution in [0.1, 0.15) is 12.5 Å². The summed E-state index contributed by atoms with van der Waals surface area (Å²) in [6.07, 6.45) is 1.81. The molecule has 0 spiro atoms. The van der Waals surface area contributed by atoms with Crippen LogP contribution in [-0.4, -0.2) is 23.3 Å². The maximum absolute atomic E-state index is 6.13. The topological polar surface area (TPSA) is 48.3 Å². The molecule has 1 aromatic heterocycles. The zero-order chi connectivity index (χ0) is 19.4. The van der Waals surface area contributed by atoms with Gasteiger partial charge in [-0.3, -0.25) is 0 Å². The Morgan fingerprint density at radius 3 is 2.59 bits per heavy atom. The van der Waals surface area contributed by atoms with Crippen molar-refractivity contribution < 1.29 is 9.47 Å². The molecule has 1 N–H and O–H groups in total. The Hall–Kier alpha value is -2.37. The van der Waals surface area contributed by atoms with Crippen LogP contribution in [0.5, 0.6) is 11.5 Å². The summed E-state index contributed by atoms with van der Waals surface area (Å²) in [6.45, 7) is 3.15. The van der Waals surface area contributed by atoms with Crippen molar-refractivity contribution >= 4 is 29.2 Å². The third-order valence-electron chi connectivity index (χ3n) is 4.18.